The van der Waals surface area contributed by atoms with Gasteiger partial charge in [0.2, 0.25) is 0 Å². The lowest BCUT2D eigenvalue weighted by Gasteiger charge is -2.35. The van der Waals surface area contributed by atoms with Crippen molar-refractivity contribution in [2.75, 3.05) is 4.90 Å². The highest BCUT2D eigenvalue weighted by molar-refractivity contribution is 6.22. The van der Waals surface area contributed by atoms with Crippen molar-refractivity contribution in [3.8, 4) is 44.5 Å². The third kappa shape index (κ3) is 5.80. The first-order chi connectivity index (χ1) is 40.7. The molecule has 2 aliphatic rings. The number of rotatable bonds is 7. The van der Waals surface area contributed by atoms with Gasteiger partial charge in [0, 0.05) is 33.1 Å². The van der Waals surface area contributed by atoms with E-state index < -0.39 is 53.1 Å². The van der Waals surface area contributed by atoms with Crippen molar-refractivity contribution in [3.63, 3.8) is 0 Å². The van der Waals surface area contributed by atoms with E-state index in [0.29, 0.717) is 49.7 Å². The molecule has 70 heavy (non-hydrogen) atoms. The van der Waals surface area contributed by atoms with Gasteiger partial charge in [-0.2, -0.15) is 0 Å². The third-order valence-electron chi connectivity index (χ3n) is 14.5. The number of furan rings is 1. The van der Waals surface area contributed by atoms with Crippen molar-refractivity contribution >= 4 is 49.8 Å². The number of fused-ring (bicyclic) bond motifs is 11. The minimum absolute atomic E-state index is 0.00582. The van der Waals surface area contributed by atoms with E-state index in [1.807, 2.05) is 95.9 Å². The lowest BCUT2D eigenvalue weighted by Crippen LogP contribution is -2.28. The summed E-state index contributed by atoms with van der Waals surface area (Å²) in [5, 5.41) is 1.31. The maximum atomic E-state index is 10.6. The topological polar surface area (TPSA) is 16.4 Å². The highest BCUT2D eigenvalue weighted by atomic mass is 16.3. The first kappa shape index (κ1) is 27.9. The van der Waals surface area contributed by atoms with Crippen LogP contribution in [0.5, 0.6) is 0 Å². The minimum atomic E-state index is -1.54. The van der Waals surface area contributed by atoms with Gasteiger partial charge in [-0.1, -0.05) is 214 Å². The molecular formula is C68H47NO. The molecule has 0 N–H and O–H groups in total. The molecule has 2 aliphatic carbocycles. The summed E-state index contributed by atoms with van der Waals surface area (Å²) < 4.78 is 146. The Morgan fingerprint density at radius 1 is 0.414 bits per heavy atom. The predicted octanol–water partition coefficient (Wildman–Crippen LogP) is 18.2. The third-order valence-corrected chi connectivity index (χ3v) is 14.5. The van der Waals surface area contributed by atoms with Gasteiger partial charge in [0.15, 0.2) is 0 Å². The molecule has 12 aromatic rings. The summed E-state index contributed by atoms with van der Waals surface area (Å²) in [5.74, 6) is 0. The van der Waals surface area contributed by atoms with Crippen LogP contribution in [0.3, 0.4) is 0 Å². The van der Waals surface area contributed by atoms with Gasteiger partial charge in [-0.25, -0.2) is 0 Å². The van der Waals surface area contributed by atoms with E-state index in [1.165, 1.54) is 12.1 Å². The number of benzene rings is 11. The SMILES string of the molecule is [2H]c1cc2c([2H])cc3c(oc4c([2H])cc(-c5cccc(-c6c([2H])c([2H])c([2H])c([2H])c6[2H])c5)c(N(c5ccc6c(c5)C(C)(C)c5ccccc5-6)c5cc6c(c([2H])c5[2H])-c5c([2H])c([2H])c([2H])c([2H])c5C6(c5ccccc5)c5ccccc5)c43)c2cc1[2H]. The fourth-order valence-electron chi connectivity index (χ4n) is 11.3. The number of hydrogen-bond donors (Lipinski definition) is 0. The Labute approximate surface area is 429 Å². The highest BCUT2D eigenvalue weighted by Crippen LogP contribution is 2.59. The molecule has 11 aromatic carbocycles. The van der Waals surface area contributed by atoms with Gasteiger partial charge >= 0.3 is 0 Å². The molecule has 0 radical (unpaired) electrons. The molecule has 0 atom stereocenters. The normalized spacial score (nSPS) is 16.8. The first-order valence-corrected chi connectivity index (χ1v) is 23.2. The number of anilines is 3. The summed E-state index contributed by atoms with van der Waals surface area (Å²) >= 11 is 0. The summed E-state index contributed by atoms with van der Waals surface area (Å²) in [6, 6.07) is 42.5. The molecule has 1 aromatic heterocycles. The summed E-state index contributed by atoms with van der Waals surface area (Å²) in [4.78, 5) is 1.85. The summed E-state index contributed by atoms with van der Waals surface area (Å²) in [6.07, 6.45) is 0. The molecule has 14 rings (SSSR count). The molecule has 0 unspecified atom stereocenters. The van der Waals surface area contributed by atoms with E-state index in [2.05, 4.69) is 26.0 Å². The average Bonchev–Trinajstić information content (AvgIpc) is 1.70. The van der Waals surface area contributed by atoms with Crippen molar-refractivity contribution in [1.82, 2.24) is 0 Å². The second kappa shape index (κ2) is 15.4. The average molecular weight is 909 g/mol. The van der Waals surface area contributed by atoms with Crippen LogP contribution < -0.4 is 4.90 Å². The van der Waals surface area contributed by atoms with Crippen LogP contribution in [0.4, 0.5) is 17.1 Å². The van der Waals surface area contributed by atoms with Gasteiger partial charge in [-0.15, -0.1) is 0 Å². The van der Waals surface area contributed by atoms with Gasteiger partial charge in [0.05, 0.1) is 37.0 Å². The molecule has 0 spiro atoms. The van der Waals surface area contributed by atoms with Crippen LogP contribution in [-0.2, 0) is 10.8 Å². The van der Waals surface area contributed by atoms with Crippen LogP contribution in [0.2, 0.25) is 0 Å². The molecule has 0 saturated carbocycles. The van der Waals surface area contributed by atoms with Crippen molar-refractivity contribution in [3.05, 3.63) is 282 Å². The summed E-state index contributed by atoms with van der Waals surface area (Å²) in [5.41, 5.74) is 6.09. The van der Waals surface area contributed by atoms with Crippen LogP contribution in [0, 0.1) is 0 Å². The Hall–Kier alpha value is -8.72. The van der Waals surface area contributed by atoms with E-state index >= 15 is 0 Å². The Bertz CT molecular complexity index is 4870. The quantitative estimate of drug-likeness (QED) is 0.158. The smallest absolute Gasteiger partial charge is 0.143 e. The maximum absolute atomic E-state index is 10.6. The molecule has 0 fully saturated rings. The molecule has 0 saturated heterocycles. The maximum Gasteiger partial charge on any atom is 0.143 e. The lowest BCUT2D eigenvalue weighted by molar-refractivity contribution is 0.660. The van der Waals surface area contributed by atoms with Gasteiger partial charge in [-0.05, 0) is 126 Å². The second-order valence-corrected chi connectivity index (χ2v) is 18.4. The van der Waals surface area contributed by atoms with Crippen molar-refractivity contribution < 1.29 is 25.0 Å². The molecule has 1 heterocycles. The largest absolute Gasteiger partial charge is 0.455 e. The monoisotopic (exact) mass is 908 g/mol. The number of nitrogens with zero attached hydrogens (tertiary/aromatic N) is 1. The summed E-state index contributed by atoms with van der Waals surface area (Å²) in [6.45, 7) is 4.27. The van der Waals surface area contributed by atoms with Crippen LogP contribution in [0.15, 0.2) is 253 Å². The first-order valence-electron chi connectivity index (χ1n) is 30.7. The number of hydrogen-bond acceptors (Lipinski definition) is 2. The predicted molar refractivity (Wildman–Crippen MR) is 292 cm³/mol. The molecule has 0 aliphatic heterocycles. The van der Waals surface area contributed by atoms with Gasteiger partial charge in [-0.3, -0.25) is 0 Å². The van der Waals surface area contributed by atoms with Gasteiger partial charge in [0.25, 0.3) is 0 Å². The fraction of sp³-hybridized carbons (Fsp3) is 0.0588. The van der Waals surface area contributed by atoms with Crippen LogP contribution in [-0.4, -0.2) is 0 Å². The second-order valence-electron chi connectivity index (χ2n) is 18.4. The van der Waals surface area contributed by atoms with Crippen LogP contribution in [0.1, 0.15) is 67.8 Å². The zero-order valence-corrected chi connectivity index (χ0v) is 37.9. The molecule has 2 nitrogen and oxygen atoms in total. The van der Waals surface area contributed by atoms with Crippen molar-refractivity contribution in [2.45, 2.75) is 24.7 Å². The lowest BCUT2D eigenvalue weighted by atomic mass is 9.67. The van der Waals surface area contributed by atoms with Crippen LogP contribution >= 0.6 is 0 Å². The Morgan fingerprint density at radius 3 is 1.94 bits per heavy atom. The zero-order chi connectivity index (χ0) is 59.6. The van der Waals surface area contributed by atoms with Gasteiger partial charge < -0.3 is 9.32 Å². The van der Waals surface area contributed by atoms with Crippen molar-refractivity contribution in [1.29, 1.82) is 0 Å². The molecule has 0 amide bonds. The molecule has 0 bridgehead atoms. The van der Waals surface area contributed by atoms with E-state index in [4.69, 9.17) is 15.4 Å². The standard InChI is InChI=1S/C68H47NO/c1-67(2)59-31-16-14-29-54(59)56-37-34-50(42-61(56)67)69(51-35-38-57-55-30-15-17-32-60(55)68(62(57)43-51,48-24-8-4-9-25-48)49-26-10-5-11-27-49)65-52(47-23-18-22-46(41-47)44-19-6-3-7-20-44)39-40-63-64(65)58-36-33-45-21-12-13-28-53(45)66(58)70-63/h3-43H,1-2H3/i3D,6D,7D,12D,13D,15D,17D,19D,20D,30D,32D,33D,35D,38D,40D. The van der Waals surface area contributed by atoms with Crippen LogP contribution in [0.25, 0.3) is 77.2 Å². The van der Waals surface area contributed by atoms with E-state index in [-0.39, 0.29) is 104 Å². The molecule has 2 heteroatoms. The highest BCUT2D eigenvalue weighted by Gasteiger charge is 2.46. The molecular weight excluding hydrogens is 847 g/mol. The Morgan fingerprint density at radius 2 is 1.11 bits per heavy atom. The molecule has 330 valence electrons. The van der Waals surface area contributed by atoms with E-state index in [1.54, 1.807) is 42.5 Å². The Kier molecular flexibility index (Phi) is 6.15. The van der Waals surface area contributed by atoms with Crippen molar-refractivity contribution in [2.24, 2.45) is 0 Å². The van der Waals surface area contributed by atoms with E-state index in [0.717, 1.165) is 22.3 Å². The van der Waals surface area contributed by atoms with E-state index in [9.17, 15) is 9.60 Å². The Balaban J connectivity index is 1.19. The summed E-state index contributed by atoms with van der Waals surface area (Å²) in [7, 11) is 0. The fourth-order valence-corrected chi connectivity index (χ4v) is 11.3. The van der Waals surface area contributed by atoms with Gasteiger partial charge in [0.1, 0.15) is 11.2 Å². The minimum Gasteiger partial charge on any atom is -0.455 e. The zero-order valence-electron chi connectivity index (χ0n) is 52.9.